The van der Waals surface area contributed by atoms with E-state index in [-0.39, 0.29) is 12.1 Å². The molecule has 2 bridgehead atoms. The fourth-order valence-corrected chi connectivity index (χ4v) is 4.24. The predicted octanol–water partition coefficient (Wildman–Crippen LogP) is 2.36. The molecule has 4 atom stereocenters. The number of nitrogens with one attached hydrogen (secondary N) is 2. The van der Waals surface area contributed by atoms with Crippen LogP contribution in [-0.2, 0) is 4.79 Å². The monoisotopic (exact) mass is 294 g/mol. The highest BCUT2D eigenvalue weighted by atomic mass is 32.1. The molecule has 0 aromatic carbocycles. The minimum atomic E-state index is -1.03. The van der Waals surface area contributed by atoms with Gasteiger partial charge in [-0.25, -0.2) is 9.59 Å². The highest BCUT2D eigenvalue weighted by Crippen LogP contribution is 2.44. The Hall–Kier alpha value is -1.56. The van der Waals surface area contributed by atoms with Crippen molar-refractivity contribution in [1.82, 2.24) is 10.6 Å². The van der Waals surface area contributed by atoms with Crippen molar-refractivity contribution in [1.29, 1.82) is 0 Å². The molecule has 5 nitrogen and oxygen atoms in total. The Morgan fingerprint density at radius 1 is 1.35 bits per heavy atom. The molecule has 20 heavy (non-hydrogen) atoms. The number of rotatable bonds is 4. The number of urea groups is 1. The van der Waals surface area contributed by atoms with Gasteiger partial charge in [0.05, 0.1) is 0 Å². The Balaban J connectivity index is 1.58. The first-order valence-electron chi connectivity index (χ1n) is 6.96. The lowest BCUT2D eigenvalue weighted by Gasteiger charge is -2.24. The molecule has 0 radical (unpaired) electrons. The van der Waals surface area contributed by atoms with Crippen LogP contribution in [0.1, 0.15) is 36.6 Å². The van der Waals surface area contributed by atoms with Crippen molar-refractivity contribution in [2.45, 2.75) is 37.8 Å². The van der Waals surface area contributed by atoms with Crippen LogP contribution in [0, 0.1) is 11.8 Å². The smallest absolute Gasteiger partial charge is 0.331 e. The first-order valence-corrected chi connectivity index (χ1v) is 7.84. The largest absolute Gasteiger partial charge is 0.479 e. The molecule has 3 rings (SSSR count). The third kappa shape index (κ3) is 2.65. The highest BCUT2D eigenvalue weighted by molar-refractivity contribution is 7.10. The fourth-order valence-electron chi connectivity index (χ4n) is 3.47. The molecular weight excluding hydrogens is 276 g/mol. The van der Waals surface area contributed by atoms with Gasteiger partial charge < -0.3 is 15.7 Å². The quantitative estimate of drug-likeness (QED) is 0.797. The molecule has 1 heterocycles. The second kappa shape index (κ2) is 5.44. The van der Waals surface area contributed by atoms with Crippen LogP contribution >= 0.6 is 11.3 Å². The van der Waals surface area contributed by atoms with Crippen LogP contribution in [0.25, 0.3) is 0 Å². The normalized spacial score (nSPS) is 29.1. The molecule has 2 aliphatic carbocycles. The van der Waals surface area contributed by atoms with Crippen molar-refractivity contribution in [3.63, 3.8) is 0 Å². The third-order valence-corrected chi connectivity index (χ3v) is 5.34. The molecule has 0 saturated heterocycles. The summed E-state index contributed by atoms with van der Waals surface area (Å²) in [7, 11) is 0. The topological polar surface area (TPSA) is 78.4 Å². The second-order valence-electron chi connectivity index (χ2n) is 5.69. The van der Waals surface area contributed by atoms with E-state index in [1.54, 1.807) is 17.5 Å². The Labute approximate surface area is 121 Å². The lowest BCUT2D eigenvalue weighted by Crippen LogP contribution is -2.46. The van der Waals surface area contributed by atoms with Crippen LogP contribution < -0.4 is 10.6 Å². The maximum absolute atomic E-state index is 12.0. The van der Waals surface area contributed by atoms with Gasteiger partial charge in [-0.15, -0.1) is 11.3 Å². The maximum Gasteiger partial charge on any atom is 0.331 e. The average Bonchev–Trinajstić information content (AvgIpc) is 3.12. The number of carboxylic acids is 1. The van der Waals surface area contributed by atoms with E-state index in [1.807, 2.05) is 0 Å². The number of thiophene rings is 1. The van der Waals surface area contributed by atoms with Gasteiger partial charge in [-0.1, -0.05) is 12.5 Å². The van der Waals surface area contributed by atoms with E-state index < -0.39 is 12.0 Å². The standard InChI is InChI=1S/C14H18N2O3S/c17-13(18)12(11-2-1-5-20-11)16-14(19)15-10-7-8-3-4-9(10)6-8/h1-2,5,8-10,12H,3-4,6-7H2,(H,17,18)(H2,15,16,19). The maximum atomic E-state index is 12.0. The third-order valence-electron chi connectivity index (χ3n) is 4.40. The van der Waals surface area contributed by atoms with Gasteiger partial charge in [0.1, 0.15) is 0 Å². The summed E-state index contributed by atoms with van der Waals surface area (Å²) < 4.78 is 0. The molecule has 1 aromatic heterocycles. The van der Waals surface area contributed by atoms with Gasteiger partial charge in [-0.3, -0.25) is 0 Å². The number of fused-ring (bicyclic) bond motifs is 2. The van der Waals surface area contributed by atoms with Gasteiger partial charge in [0.25, 0.3) is 0 Å². The first-order chi connectivity index (χ1) is 9.63. The number of hydrogen-bond acceptors (Lipinski definition) is 3. The Bertz CT molecular complexity index is 503. The van der Waals surface area contributed by atoms with E-state index in [2.05, 4.69) is 10.6 Å². The van der Waals surface area contributed by atoms with Crippen LogP contribution in [0.2, 0.25) is 0 Å². The van der Waals surface area contributed by atoms with Gasteiger partial charge in [0.2, 0.25) is 0 Å². The van der Waals surface area contributed by atoms with E-state index in [1.165, 1.54) is 30.6 Å². The zero-order valence-corrected chi connectivity index (χ0v) is 11.9. The fraction of sp³-hybridized carbons (Fsp3) is 0.571. The summed E-state index contributed by atoms with van der Waals surface area (Å²) in [5.74, 6) is 0.296. The molecule has 4 unspecified atom stereocenters. The van der Waals surface area contributed by atoms with Crippen molar-refractivity contribution >= 4 is 23.3 Å². The molecule has 2 aliphatic rings. The first kappa shape index (κ1) is 13.4. The number of aliphatic carboxylic acids is 1. The van der Waals surface area contributed by atoms with Crippen LogP contribution in [0.4, 0.5) is 4.79 Å². The Morgan fingerprint density at radius 3 is 2.75 bits per heavy atom. The van der Waals surface area contributed by atoms with E-state index in [0.29, 0.717) is 10.8 Å². The van der Waals surface area contributed by atoms with Crippen LogP contribution in [-0.4, -0.2) is 23.1 Å². The van der Waals surface area contributed by atoms with Crippen molar-refractivity contribution in [2.24, 2.45) is 11.8 Å². The summed E-state index contributed by atoms with van der Waals surface area (Å²) in [6.07, 6.45) is 4.70. The Kier molecular flexibility index (Phi) is 3.65. The zero-order chi connectivity index (χ0) is 14.1. The van der Waals surface area contributed by atoms with Crippen molar-refractivity contribution in [3.05, 3.63) is 22.4 Å². The van der Waals surface area contributed by atoms with Crippen LogP contribution in [0.3, 0.4) is 0 Å². The van der Waals surface area contributed by atoms with Gasteiger partial charge in [0, 0.05) is 10.9 Å². The minimum absolute atomic E-state index is 0.214. The van der Waals surface area contributed by atoms with Gasteiger partial charge >= 0.3 is 12.0 Å². The summed E-state index contributed by atoms with van der Waals surface area (Å²) >= 11 is 1.33. The molecular formula is C14H18N2O3S. The second-order valence-corrected chi connectivity index (χ2v) is 6.67. The lowest BCUT2D eigenvalue weighted by atomic mass is 9.95. The molecule has 108 valence electrons. The molecule has 0 aliphatic heterocycles. The van der Waals surface area contributed by atoms with Gasteiger partial charge in [-0.05, 0) is 42.5 Å². The van der Waals surface area contributed by atoms with Crippen LogP contribution in [0.5, 0.6) is 0 Å². The molecule has 1 aromatic rings. The average molecular weight is 294 g/mol. The lowest BCUT2D eigenvalue weighted by molar-refractivity contribution is -0.139. The summed E-state index contributed by atoms with van der Waals surface area (Å²) in [5.41, 5.74) is 0. The minimum Gasteiger partial charge on any atom is -0.479 e. The highest BCUT2D eigenvalue weighted by Gasteiger charge is 2.40. The summed E-state index contributed by atoms with van der Waals surface area (Å²) in [5, 5.41) is 16.5. The van der Waals surface area contributed by atoms with Crippen LogP contribution in [0.15, 0.2) is 17.5 Å². The summed E-state index contributed by atoms with van der Waals surface area (Å²) in [6, 6.07) is 2.38. The summed E-state index contributed by atoms with van der Waals surface area (Å²) in [4.78, 5) is 23.9. The van der Waals surface area contributed by atoms with Crippen molar-refractivity contribution in [3.8, 4) is 0 Å². The van der Waals surface area contributed by atoms with E-state index in [9.17, 15) is 14.7 Å². The number of carbonyl (C=O) groups is 2. The predicted molar refractivity (Wildman–Crippen MR) is 75.6 cm³/mol. The van der Waals surface area contributed by atoms with E-state index in [0.717, 1.165) is 12.3 Å². The van der Waals surface area contributed by atoms with Gasteiger partial charge in [-0.2, -0.15) is 0 Å². The van der Waals surface area contributed by atoms with Crippen molar-refractivity contribution < 1.29 is 14.7 Å². The molecule has 0 spiro atoms. The number of carboxylic acid groups (broad SMARTS) is 1. The number of amides is 2. The van der Waals surface area contributed by atoms with E-state index >= 15 is 0 Å². The number of carbonyl (C=O) groups excluding carboxylic acids is 1. The molecule has 2 amide bonds. The zero-order valence-electron chi connectivity index (χ0n) is 11.0. The van der Waals surface area contributed by atoms with Gasteiger partial charge in [0.15, 0.2) is 6.04 Å². The SMILES string of the molecule is O=C(NC(C(=O)O)c1cccs1)NC1CC2CCC1C2. The van der Waals surface area contributed by atoms with E-state index in [4.69, 9.17) is 0 Å². The molecule has 2 saturated carbocycles. The van der Waals surface area contributed by atoms with Crippen molar-refractivity contribution in [2.75, 3.05) is 0 Å². The molecule has 2 fully saturated rings. The molecule has 3 N–H and O–H groups in total. The summed E-state index contributed by atoms with van der Waals surface area (Å²) in [6.45, 7) is 0. The Morgan fingerprint density at radius 2 is 2.20 bits per heavy atom. The number of hydrogen-bond donors (Lipinski definition) is 3. The molecule has 6 heteroatoms.